The molecular weight excluding hydrogens is 324 g/mol. The molecule has 1 aliphatic heterocycles. The average molecular weight is 348 g/mol. The molecule has 6 heteroatoms. The van der Waals surface area contributed by atoms with Crippen LogP contribution in [0.25, 0.3) is 0 Å². The fourth-order valence-electron chi connectivity index (χ4n) is 2.98. The Morgan fingerprint density at radius 3 is 2.62 bits per heavy atom. The van der Waals surface area contributed by atoms with Crippen LogP contribution in [-0.2, 0) is 9.59 Å². The fraction of sp³-hybridized carbons (Fsp3) is 0.556. The first kappa shape index (κ1) is 17.1. The molecule has 1 heterocycles. The molecule has 0 N–H and O–H groups in total. The Bertz CT molecular complexity index is 601. The van der Waals surface area contributed by atoms with Crippen molar-refractivity contribution < 1.29 is 14.3 Å². The minimum absolute atomic E-state index is 0.0261. The van der Waals surface area contributed by atoms with Crippen molar-refractivity contribution in [3.8, 4) is 5.75 Å². The normalized spacial score (nSPS) is 20.3. The summed E-state index contributed by atoms with van der Waals surface area (Å²) >= 11 is 1.64. The molecule has 1 aliphatic carbocycles. The summed E-state index contributed by atoms with van der Waals surface area (Å²) in [6, 6.07) is 7.86. The minimum atomic E-state index is 0.0261. The van der Waals surface area contributed by atoms with E-state index >= 15 is 0 Å². The van der Waals surface area contributed by atoms with Crippen LogP contribution in [0.3, 0.4) is 0 Å². The van der Waals surface area contributed by atoms with E-state index in [2.05, 4.69) is 0 Å². The predicted molar refractivity (Wildman–Crippen MR) is 94.9 cm³/mol. The van der Waals surface area contributed by atoms with E-state index in [1.54, 1.807) is 18.9 Å². The molecule has 1 saturated heterocycles. The van der Waals surface area contributed by atoms with Crippen LogP contribution in [-0.4, -0.2) is 54.1 Å². The predicted octanol–water partition coefficient (Wildman–Crippen LogP) is 2.53. The van der Waals surface area contributed by atoms with Gasteiger partial charge in [0, 0.05) is 25.6 Å². The van der Waals surface area contributed by atoms with Gasteiger partial charge in [-0.05, 0) is 37.5 Å². The van der Waals surface area contributed by atoms with E-state index < -0.39 is 0 Å². The number of hydrogen-bond donors (Lipinski definition) is 0. The van der Waals surface area contributed by atoms with Gasteiger partial charge < -0.3 is 14.5 Å². The number of carbonyl (C=O) groups excluding carboxylic acids is 2. The topological polar surface area (TPSA) is 49.9 Å². The lowest BCUT2D eigenvalue weighted by molar-refractivity contribution is -0.134. The molecule has 1 unspecified atom stereocenters. The highest BCUT2D eigenvalue weighted by Crippen LogP contribution is 2.39. The van der Waals surface area contributed by atoms with E-state index in [0.29, 0.717) is 25.4 Å². The second kappa shape index (κ2) is 7.47. The van der Waals surface area contributed by atoms with E-state index in [9.17, 15) is 9.59 Å². The second-order valence-corrected chi connectivity index (χ2v) is 7.28. The van der Waals surface area contributed by atoms with E-state index in [-0.39, 0.29) is 23.1 Å². The van der Waals surface area contributed by atoms with E-state index in [0.717, 1.165) is 24.2 Å². The molecule has 3 rings (SSSR count). The molecule has 0 spiro atoms. The van der Waals surface area contributed by atoms with Crippen LogP contribution in [0.4, 0.5) is 0 Å². The fourth-order valence-corrected chi connectivity index (χ4v) is 4.20. The lowest BCUT2D eigenvalue weighted by Gasteiger charge is -2.28. The lowest BCUT2D eigenvalue weighted by atomic mass is 10.2. The Morgan fingerprint density at radius 1 is 1.33 bits per heavy atom. The van der Waals surface area contributed by atoms with Crippen molar-refractivity contribution in [3.63, 3.8) is 0 Å². The maximum Gasteiger partial charge on any atom is 0.233 e. The SMILES string of the molecule is CCN(CCN1C(=O)CSC1c1ccc(OC)cc1)C(=O)C1CC1. The zero-order valence-electron chi connectivity index (χ0n) is 14.2. The van der Waals surface area contributed by atoms with Crippen LogP contribution >= 0.6 is 11.8 Å². The molecule has 0 radical (unpaired) electrons. The molecule has 1 atom stereocenters. The number of thioether (sulfide) groups is 1. The van der Waals surface area contributed by atoms with Gasteiger partial charge in [0.1, 0.15) is 11.1 Å². The Hall–Kier alpha value is -1.69. The first-order valence-electron chi connectivity index (χ1n) is 8.47. The van der Waals surface area contributed by atoms with Gasteiger partial charge in [0.25, 0.3) is 0 Å². The van der Waals surface area contributed by atoms with Gasteiger partial charge in [-0.25, -0.2) is 0 Å². The summed E-state index contributed by atoms with van der Waals surface area (Å²) in [7, 11) is 1.64. The Kier molecular flexibility index (Phi) is 5.33. The number of hydrogen-bond acceptors (Lipinski definition) is 4. The van der Waals surface area contributed by atoms with E-state index in [1.807, 2.05) is 41.0 Å². The maximum absolute atomic E-state index is 12.3. The highest BCUT2D eigenvalue weighted by atomic mass is 32.2. The summed E-state index contributed by atoms with van der Waals surface area (Å²) in [5.41, 5.74) is 1.10. The lowest BCUT2D eigenvalue weighted by Crippen LogP contribution is -2.40. The van der Waals surface area contributed by atoms with Crippen molar-refractivity contribution in [2.75, 3.05) is 32.5 Å². The number of carbonyl (C=O) groups is 2. The number of likely N-dealkylation sites (N-methyl/N-ethyl adjacent to an activating group) is 1. The van der Waals surface area contributed by atoms with Crippen molar-refractivity contribution in [3.05, 3.63) is 29.8 Å². The van der Waals surface area contributed by atoms with Crippen molar-refractivity contribution in [2.24, 2.45) is 5.92 Å². The molecule has 0 aromatic heterocycles. The largest absolute Gasteiger partial charge is 0.497 e. The summed E-state index contributed by atoms with van der Waals surface area (Å²) in [6.45, 7) is 3.92. The maximum atomic E-state index is 12.3. The summed E-state index contributed by atoms with van der Waals surface area (Å²) < 4.78 is 5.20. The smallest absolute Gasteiger partial charge is 0.233 e. The number of benzene rings is 1. The molecule has 1 aromatic rings. The number of rotatable bonds is 7. The molecule has 5 nitrogen and oxygen atoms in total. The molecule has 0 bridgehead atoms. The highest BCUT2D eigenvalue weighted by Gasteiger charge is 2.35. The molecule has 2 aliphatic rings. The van der Waals surface area contributed by atoms with Gasteiger partial charge in [0.15, 0.2) is 0 Å². The summed E-state index contributed by atoms with van der Waals surface area (Å²) in [6.07, 6.45) is 2.03. The van der Waals surface area contributed by atoms with Crippen molar-refractivity contribution in [1.82, 2.24) is 9.80 Å². The van der Waals surface area contributed by atoms with E-state index in [4.69, 9.17) is 4.74 Å². The van der Waals surface area contributed by atoms with Gasteiger partial charge in [-0.2, -0.15) is 0 Å². The number of methoxy groups -OCH3 is 1. The first-order valence-corrected chi connectivity index (χ1v) is 9.52. The van der Waals surface area contributed by atoms with Crippen molar-refractivity contribution in [1.29, 1.82) is 0 Å². The molecule has 2 amide bonds. The minimum Gasteiger partial charge on any atom is -0.497 e. The summed E-state index contributed by atoms with van der Waals surface area (Å²) in [4.78, 5) is 28.3. The zero-order chi connectivity index (χ0) is 17.1. The quantitative estimate of drug-likeness (QED) is 0.760. The molecule has 2 fully saturated rings. The van der Waals surface area contributed by atoms with E-state index in [1.165, 1.54) is 0 Å². The van der Waals surface area contributed by atoms with Crippen LogP contribution in [0.15, 0.2) is 24.3 Å². The monoisotopic (exact) mass is 348 g/mol. The molecular formula is C18H24N2O3S. The standard InChI is InChI=1S/C18H24N2O3S/c1-3-19(17(22)13-4-5-13)10-11-20-16(21)12-24-18(20)14-6-8-15(23-2)9-7-14/h6-9,13,18H,3-5,10-12H2,1-2H3. The van der Waals surface area contributed by atoms with Crippen LogP contribution in [0.5, 0.6) is 5.75 Å². The number of nitrogens with zero attached hydrogens (tertiary/aromatic N) is 2. The highest BCUT2D eigenvalue weighted by molar-refractivity contribution is 8.00. The first-order chi connectivity index (χ1) is 11.6. The zero-order valence-corrected chi connectivity index (χ0v) is 15.1. The Morgan fingerprint density at radius 2 is 2.04 bits per heavy atom. The van der Waals surface area contributed by atoms with Gasteiger partial charge in [0.2, 0.25) is 11.8 Å². The van der Waals surface area contributed by atoms with Gasteiger partial charge >= 0.3 is 0 Å². The third-order valence-electron chi connectivity index (χ3n) is 4.60. The van der Waals surface area contributed by atoms with Gasteiger partial charge in [-0.3, -0.25) is 9.59 Å². The molecule has 130 valence electrons. The Labute approximate surface area is 147 Å². The van der Waals surface area contributed by atoms with Crippen LogP contribution in [0, 0.1) is 5.92 Å². The summed E-state index contributed by atoms with van der Waals surface area (Å²) in [5.74, 6) is 1.94. The molecule has 1 aromatic carbocycles. The Balaban J connectivity index is 1.65. The van der Waals surface area contributed by atoms with Gasteiger partial charge in [0.05, 0.1) is 12.9 Å². The van der Waals surface area contributed by atoms with Crippen molar-refractivity contribution in [2.45, 2.75) is 25.1 Å². The third kappa shape index (κ3) is 3.69. The second-order valence-electron chi connectivity index (χ2n) is 6.22. The number of amides is 2. The summed E-state index contributed by atoms with van der Waals surface area (Å²) in [5, 5.41) is 0.0261. The third-order valence-corrected chi connectivity index (χ3v) is 5.86. The van der Waals surface area contributed by atoms with Crippen LogP contribution in [0.2, 0.25) is 0 Å². The molecule has 1 saturated carbocycles. The van der Waals surface area contributed by atoms with Crippen LogP contribution in [0.1, 0.15) is 30.7 Å². The molecule has 24 heavy (non-hydrogen) atoms. The van der Waals surface area contributed by atoms with Gasteiger partial charge in [-0.15, -0.1) is 11.8 Å². The average Bonchev–Trinajstić information content (AvgIpc) is 3.40. The van der Waals surface area contributed by atoms with Gasteiger partial charge in [-0.1, -0.05) is 12.1 Å². The van der Waals surface area contributed by atoms with Crippen molar-refractivity contribution >= 4 is 23.6 Å². The number of ether oxygens (including phenoxy) is 1. The van der Waals surface area contributed by atoms with Crippen LogP contribution < -0.4 is 4.74 Å².